The molecule has 136 valence electrons. The molecule has 0 atom stereocenters. The zero-order valence-corrected chi connectivity index (χ0v) is 14.9. The average Bonchev–Trinajstić information content (AvgIpc) is 2.89. The van der Waals surface area contributed by atoms with E-state index >= 15 is 0 Å². The third kappa shape index (κ3) is 2.97. The van der Waals surface area contributed by atoms with Crippen LogP contribution in [0.1, 0.15) is 24.0 Å². The third-order valence-corrected chi connectivity index (χ3v) is 4.76. The van der Waals surface area contributed by atoms with Gasteiger partial charge in [-0.25, -0.2) is 0 Å². The molecular weight excluding hydrogens is 330 g/mol. The van der Waals surface area contributed by atoms with Crippen LogP contribution in [0.5, 0.6) is 5.75 Å². The molecular formula is C21H23NO4. The lowest BCUT2D eigenvalue weighted by Crippen LogP contribution is -2.47. The Kier molecular flexibility index (Phi) is 4.66. The predicted octanol–water partition coefficient (Wildman–Crippen LogP) is 3.40. The first-order valence-electron chi connectivity index (χ1n) is 9.09. The van der Waals surface area contributed by atoms with Gasteiger partial charge in [-0.05, 0) is 43.5 Å². The van der Waals surface area contributed by atoms with Crippen molar-refractivity contribution in [2.45, 2.75) is 25.6 Å². The number of para-hydroxylation sites is 1. The molecule has 0 aromatic heterocycles. The number of hydrogen-bond acceptors (Lipinski definition) is 4. The number of anilines is 1. The van der Waals surface area contributed by atoms with E-state index in [-0.39, 0.29) is 5.91 Å². The number of rotatable bonds is 5. The van der Waals surface area contributed by atoms with E-state index in [1.165, 1.54) is 5.56 Å². The van der Waals surface area contributed by atoms with Crippen molar-refractivity contribution in [3.05, 3.63) is 59.7 Å². The van der Waals surface area contributed by atoms with Gasteiger partial charge in [0.1, 0.15) is 5.75 Å². The number of carbonyl (C=O) groups is 1. The van der Waals surface area contributed by atoms with Gasteiger partial charge in [0.2, 0.25) is 0 Å². The smallest absolute Gasteiger partial charge is 0.292 e. The van der Waals surface area contributed by atoms with Crippen molar-refractivity contribution in [2.75, 3.05) is 31.3 Å². The second kappa shape index (κ2) is 7.09. The van der Waals surface area contributed by atoms with E-state index < -0.39 is 5.79 Å². The van der Waals surface area contributed by atoms with Gasteiger partial charge in [0, 0.05) is 12.1 Å². The maximum atomic E-state index is 13.1. The number of fused-ring (bicyclic) bond motifs is 2. The lowest BCUT2D eigenvalue weighted by molar-refractivity contribution is -0.256. The summed E-state index contributed by atoms with van der Waals surface area (Å²) in [4.78, 5) is 14.8. The lowest BCUT2D eigenvalue weighted by atomic mass is 10.1. The van der Waals surface area contributed by atoms with Crippen LogP contribution in [0.25, 0.3) is 0 Å². The van der Waals surface area contributed by atoms with Gasteiger partial charge in [0.05, 0.1) is 25.5 Å². The molecule has 26 heavy (non-hydrogen) atoms. The molecule has 2 aromatic rings. The maximum absolute atomic E-state index is 13.1. The zero-order valence-electron chi connectivity index (χ0n) is 14.9. The van der Waals surface area contributed by atoms with Gasteiger partial charge in [0.25, 0.3) is 11.7 Å². The average molecular weight is 353 g/mol. The second-order valence-electron chi connectivity index (χ2n) is 6.66. The van der Waals surface area contributed by atoms with Crippen molar-refractivity contribution in [1.82, 2.24) is 0 Å². The van der Waals surface area contributed by atoms with Crippen molar-refractivity contribution in [3.63, 3.8) is 0 Å². The Morgan fingerprint density at radius 3 is 2.73 bits per heavy atom. The second-order valence-corrected chi connectivity index (χ2v) is 6.66. The van der Waals surface area contributed by atoms with Gasteiger partial charge in [-0.15, -0.1) is 0 Å². The fourth-order valence-electron chi connectivity index (χ4n) is 3.54. The summed E-state index contributed by atoms with van der Waals surface area (Å²) in [6.45, 7) is 4.21. The van der Waals surface area contributed by atoms with Crippen LogP contribution in [-0.2, 0) is 20.1 Å². The normalized spacial score (nSPS) is 18.2. The van der Waals surface area contributed by atoms with Gasteiger partial charge in [-0.1, -0.05) is 30.3 Å². The summed E-state index contributed by atoms with van der Waals surface area (Å²) in [5.41, 5.74) is 2.85. The van der Waals surface area contributed by atoms with Crippen LogP contribution >= 0.6 is 0 Å². The van der Waals surface area contributed by atoms with Crippen molar-refractivity contribution >= 4 is 11.6 Å². The number of ether oxygens (including phenoxy) is 3. The van der Waals surface area contributed by atoms with E-state index in [1.807, 2.05) is 55.5 Å². The molecule has 0 radical (unpaired) electrons. The topological polar surface area (TPSA) is 48.0 Å². The summed E-state index contributed by atoms with van der Waals surface area (Å²) in [6, 6.07) is 15.7. The summed E-state index contributed by atoms with van der Waals surface area (Å²) in [6.07, 6.45) is 1.53. The fraction of sp³-hybridized carbons (Fsp3) is 0.381. The van der Waals surface area contributed by atoms with Gasteiger partial charge < -0.3 is 19.1 Å². The largest absolute Gasteiger partial charge is 0.494 e. The Morgan fingerprint density at radius 2 is 1.92 bits per heavy atom. The van der Waals surface area contributed by atoms with Crippen molar-refractivity contribution in [3.8, 4) is 5.75 Å². The van der Waals surface area contributed by atoms with Crippen LogP contribution in [0.4, 0.5) is 5.69 Å². The van der Waals surface area contributed by atoms with Crippen LogP contribution in [0, 0.1) is 6.92 Å². The standard InChI is InChI=1S/C21H23NO4/c1-16-7-4-8-17(15-16)24-12-5-11-22-19-10-3-2-9-18(19)21(20(22)23)25-13-6-14-26-21/h2-4,7-10,15H,5-6,11-14H2,1H3. The molecule has 2 aromatic carbocycles. The molecule has 2 aliphatic heterocycles. The number of benzene rings is 2. The first-order chi connectivity index (χ1) is 12.7. The number of carbonyl (C=O) groups excluding carboxylic acids is 1. The highest BCUT2D eigenvalue weighted by atomic mass is 16.7. The van der Waals surface area contributed by atoms with Crippen LogP contribution in [0.3, 0.4) is 0 Å². The highest BCUT2D eigenvalue weighted by Gasteiger charge is 2.54. The number of amides is 1. The van der Waals surface area contributed by atoms with Gasteiger partial charge in [0.15, 0.2) is 0 Å². The Hall–Kier alpha value is -2.37. The summed E-state index contributed by atoms with van der Waals surface area (Å²) in [5, 5.41) is 0. The zero-order chi connectivity index (χ0) is 18.0. The minimum absolute atomic E-state index is 0.131. The summed E-state index contributed by atoms with van der Waals surface area (Å²) in [7, 11) is 0. The predicted molar refractivity (Wildman–Crippen MR) is 98.3 cm³/mol. The molecule has 5 nitrogen and oxygen atoms in total. The Labute approximate surface area is 153 Å². The lowest BCUT2D eigenvalue weighted by Gasteiger charge is -2.32. The third-order valence-electron chi connectivity index (χ3n) is 4.76. The molecule has 5 heteroatoms. The fourth-order valence-corrected chi connectivity index (χ4v) is 3.54. The minimum Gasteiger partial charge on any atom is -0.494 e. The van der Waals surface area contributed by atoms with E-state index in [0.717, 1.165) is 29.8 Å². The quantitative estimate of drug-likeness (QED) is 0.773. The van der Waals surface area contributed by atoms with Gasteiger partial charge in [-0.3, -0.25) is 4.79 Å². The van der Waals surface area contributed by atoms with Gasteiger partial charge in [-0.2, -0.15) is 0 Å². The molecule has 0 unspecified atom stereocenters. The van der Waals surface area contributed by atoms with E-state index in [9.17, 15) is 4.79 Å². The van der Waals surface area contributed by atoms with Crippen LogP contribution in [0.2, 0.25) is 0 Å². The molecule has 1 amide bonds. The molecule has 0 N–H and O–H groups in total. The van der Waals surface area contributed by atoms with E-state index in [2.05, 4.69) is 0 Å². The number of aryl methyl sites for hydroxylation is 1. The summed E-state index contributed by atoms with van der Waals surface area (Å²) >= 11 is 0. The number of nitrogens with zero attached hydrogens (tertiary/aromatic N) is 1. The summed E-state index contributed by atoms with van der Waals surface area (Å²) < 4.78 is 17.5. The maximum Gasteiger partial charge on any atom is 0.292 e. The molecule has 0 saturated carbocycles. The van der Waals surface area contributed by atoms with Gasteiger partial charge >= 0.3 is 0 Å². The van der Waals surface area contributed by atoms with E-state index in [1.54, 1.807) is 4.90 Å². The Bertz CT molecular complexity index is 798. The molecule has 1 saturated heterocycles. The highest BCUT2D eigenvalue weighted by molar-refractivity contribution is 6.06. The van der Waals surface area contributed by atoms with Crippen LogP contribution in [0.15, 0.2) is 48.5 Å². The molecule has 0 aliphatic carbocycles. The molecule has 1 spiro atoms. The first-order valence-corrected chi connectivity index (χ1v) is 9.09. The van der Waals surface area contributed by atoms with Crippen molar-refractivity contribution < 1.29 is 19.0 Å². The van der Waals surface area contributed by atoms with Crippen LogP contribution < -0.4 is 9.64 Å². The van der Waals surface area contributed by atoms with Crippen molar-refractivity contribution in [1.29, 1.82) is 0 Å². The van der Waals surface area contributed by atoms with E-state index in [0.29, 0.717) is 26.4 Å². The first kappa shape index (κ1) is 17.1. The Balaban J connectivity index is 1.44. The Morgan fingerprint density at radius 1 is 1.12 bits per heavy atom. The number of hydrogen-bond donors (Lipinski definition) is 0. The highest BCUT2D eigenvalue weighted by Crippen LogP contribution is 2.44. The van der Waals surface area contributed by atoms with Crippen LogP contribution in [-0.4, -0.2) is 32.3 Å². The monoisotopic (exact) mass is 353 g/mol. The molecule has 4 rings (SSSR count). The minimum atomic E-state index is -1.26. The SMILES string of the molecule is Cc1cccc(OCCCN2C(=O)C3(OCCCO3)c3ccccc32)c1. The summed E-state index contributed by atoms with van der Waals surface area (Å²) in [5.74, 6) is -0.533. The van der Waals surface area contributed by atoms with E-state index in [4.69, 9.17) is 14.2 Å². The molecule has 2 aliphatic rings. The molecule has 1 fully saturated rings. The molecule has 2 heterocycles. The molecule has 0 bridgehead atoms. The van der Waals surface area contributed by atoms with Crippen molar-refractivity contribution in [2.24, 2.45) is 0 Å².